The third-order valence-corrected chi connectivity index (χ3v) is 4.69. The SMILES string of the molecule is C[C@H](N)C(=O)Nc1ccc2c(c1)C(=Cc1ccc(O)c3ncccc13)C(O)N2. The van der Waals surface area contributed by atoms with Gasteiger partial charge in [-0.2, -0.15) is 0 Å². The number of amides is 1. The number of phenolic OH excluding ortho intramolecular Hbond substituents is 1. The first-order chi connectivity index (χ1) is 13.4. The van der Waals surface area contributed by atoms with E-state index in [1.165, 1.54) is 0 Å². The summed E-state index contributed by atoms with van der Waals surface area (Å²) < 4.78 is 0. The summed E-state index contributed by atoms with van der Waals surface area (Å²) in [7, 11) is 0. The molecule has 7 heteroatoms. The Balaban J connectivity index is 1.78. The maximum atomic E-state index is 11.9. The van der Waals surface area contributed by atoms with Gasteiger partial charge in [0.1, 0.15) is 11.3 Å². The minimum atomic E-state index is -0.894. The molecule has 142 valence electrons. The van der Waals surface area contributed by atoms with Crippen LogP contribution in [0.4, 0.5) is 11.4 Å². The topological polar surface area (TPSA) is 121 Å². The molecule has 7 nitrogen and oxygen atoms in total. The number of aromatic nitrogens is 1. The van der Waals surface area contributed by atoms with Crippen LogP contribution in [0.3, 0.4) is 0 Å². The van der Waals surface area contributed by atoms with Gasteiger partial charge in [0.2, 0.25) is 5.91 Å². The third-order valence-electron chi connectivity index (χ3n) is 4.69. The average Bonchev–Trinajstić information content (AvgIpc) is 2.99. The molecule has 0 spiro atoms. The Labute approximate surface area is 161 Å². The van der Waals surface area contributed by atoms with Crippen LogP contribution >= 0.6 is 0 Å². The molecule has 0 bridgehead atoms. The fraction of sp³-hybridized carbons (Fsp3) is 0.143. The molecule has 0 saturated heterocycles. The van der Waals surface area contributed by atoms with Crippen LogP contribution < -0.4 is 16.4 Å². The molecule has 1 aliphatic heterocycles. The molecular formula is C21H20N4O3. The van der Waals surface area contributed by atoms with E-state index >= 15 is 0 Å². The Hall–Kier alpha value is -3.42. The zero-order valence-electron chi connectivity index (χ0n) is 15.2. The molecule has 0 aliphatic carbocycles. The van der Waals surface area contributed by atoms with Gasteiger partial charge in [-0.1, -0.05) is 12.1 Å². The molecule has 0 radical (unpaired) electrons. The molecule has 0 fully saturated rings. The van der Waals surface area contributed by atoms with Crippen molar-refractivity contribution in [2.45, 2.75) is 19.2 Å². The van der Waals surface area contributed by atoms with Crippen LogP contribution in [0, 0.1) is 0 Å². The summed E-state index contributed by atoms with van der Waals surface area (Å²) in [5.74, 6) is -0.184. The van der Waals surface area contributed by atoms with E-state index in [1.807, 2.05) is 12.1 Å². The molecule has 2 aromatic carbocycles. The van der Waals surface area contributed by atoms with E-state index in [4.69, 9.17) is 5.73 Å². The lowest BCUT2D eigenvalue weighted by molar-refractivity contribution is -0.117. The monoisotopic (exact) mass is 376 g/mol. The molecule has 0 saturated carbocycles. The van der Waals surface area contributed by atoms with E-state index in [1.54, 1.807) is 49.5 Å². The van der Waals surface area contributed by atoms with Crippen molar-refractivity contribution in [3.8, 4) is 5.75 Å². The number of fused-ring (bicyclic) bond motifs is 2. The number of nitrogens with one attached hydrogen (secondary N) is 2. The summed E-state index contributed by atoms with van der Waals surface area (Å²) in [4.78, 5) is 16.1. The average molecular weight is 376 g/mol. The van der Waals surface area contributed by atoms with Crippen molar-refractivity contribution in [1.29, 1.82) is 0 Å². The smallest absolute Gasteiger partial charge is 0.240 e. The van der Waals surface area contributed by atoms with Crippen molar-refractivity contribution >= 4 is 39.8 Å². The third kappa shape index (κ3) is 3.17. The van der Waals surface area contributed by atoms with Crippen LogP contribution in [0.2, 0.25) is 0 Å². The largest absolute Gasteiger partial charge is 0.506 e. The number of anilines is 2. The van der Waals surface area contributed by atoms with Gasteiger partial charge in [-0.3, -0.25) is 9.78 Å². The Morgan fingerprint density at radius 1 is 1.32 bits per heavy atom. The summed E-state index contributed by atoms with van der Waals surface area (Å²) in [6.07, 6.45) is 2.58. The van der Waals surface area contributed by atoms with Gasteiger partial charge in [-0.05, 0) is 48.9 Å². The number of aliphatic hydroxyl groups excluding tert-OH is 1. The molecule has 1 amide bonds. The van der Waals surface area contributed by atoms with E-state index in [0.717, 1.165) is 22.2 Å². The fourth-order valence-corrected chi connectivity index (χ4v) is 3.25. The molecule has 1 aromatic heterocycles. The number of phenols is 1. The van der Waals surface area contributed by atoms with Gasteiger partial charge >= 0.3 is 0 Å². The number of rotatable bonds is 3. The number of carbonyl (C=O) groups excluding carboxylic acids is 1. The highest BCUT2D eigenvalue weighted by Crippen LogP contribution is 2.38. The molecule has 3 aromatic rings. The van der Waals surface area contributed by atoms with Crippen LogP contribution in [0.25, 0.3) is 22.6 Å². The Morgan fingerprint density at radius 2 is 2.14 bits per heavy atom. The normalized spacial score (nSPS) is 18.0. The predicted octanol–water partition coefficient (Wildman–Crippen LogP) is 2.51. The highest BCUT2D eigenvalue weighted by atomic mass is 16.3. The lowest BCUT2D eigenvalue weighted by Gasteiger charge is -2.10. The first-order valence-corrected chi connectivity index (χ1v) is 8.88. The Morgan fingerprint density at radius 3 is 2.93 bits per heavy atom. The number of nitrogens with zero attached hydrogens (tertiary/aromatic N) is 1. The van der Waals surface area contributed by atoms with Crippen molar-refractivity contribution in [2.75, 3.05) is 10.6 Å². The minimum Gasteiger partial charge on any atom is -0.506 e. The van der Waals surface area contributed by atoms with Crippen LogP contribution in [0.5, 0.6) is 5.75 Å². The number of carbonyl (C=O) groups is 1. The van der Waals surface area contributed by atoms with Crippen LogP contribution in [-0.2, 0) is 4.79 Å². The van der Waals surface area contributed by atoms with Crippen molar-refractivity contribution in [2.24, 2.45) is 5.73 Å². The first-order valence-electron chi connectivity index (χ1n) is 8.88. The lowest BCUT2D eigenvalue weighted by Crippen LogP contribution is -2.32. The van der Waals surface area contributed by atoms with Gasteiger partial charge in [0.05, 0.1) is 6.04 Å². The first kappa shape index (κ1) is 18.0. The zero-order chi connectivity index (χ0) is 19.8. The van der Waals surface area contributed by atoms with E-state index < -0.39 is 12.3 Å². The van der Waals surface area contributed by atoms with E-state index in [2.05, 4.69) is 15.6 Å². The summed E-state index contributed by atoms with van der Waals surface area (Å²) in [6.45, 7) is 1.61. The second kappa shape index (κ2) is 6.95. The maximum Gasteiger partial charge on any atom is 0.240 e. The number of nitrogens with two attached hydrogens (primary N) is 1. The zero-order valence-corrected chi connectivity index (χ0v) is 15.2. The summed E-state index contributed by atoms with van der Waals surface area (Å²) in [6, 6.07) is 11.7. The number of hydrogen-bond acceptors (Lipinski definition) is 6. The van der Waals surface area contributed by atoms with E-state index in [9.17, 15) is 15.0 Å². The van der Waals surface area contributed by atoms with Gasteiger partial charge in [0, 0.05) is 34.1 Å². The fourth-order valence-electron chi connectivity index (χ4n) is 3.25. The highest BCUT2D eigenvalue weighted by Gasteiger charge is 2.25. The summed E-state index contributed by atoms with van der Waals surface area (Å²) in [5, 5.41) is 27.1. The summed E-state index contributed by atoms with van der Waals surface area (Å²) in [5.41, 5.74) is 9.71. The molecule has 2 heterocycles. The molecule has 2 atom stereocenters. The number of aliphatic hydroxyl groups is 1. The number of hydrogen-bond donors (Lipinski definition) is 5. The van der Waals surface area contributed by atoms with Crippen LogP contribution in [0.1, 0.15) is 18.1 Å². The number of benzene rings is 2. The highest BCUT2D eigenvalue weighted by molar-refractivity contribution is 6.02. The molecular weight excluding hydrogens is 356 g/mol. The lowest BCUT2D eigenvalue weighted by atomic mass is 10.00. The van der Waals surface area contributed by atoms with E-state index in [-0.39, 0.29) is 11.7 Å². The summed E-state index contributed by atoms with van der Waals surface area (Å²) >= 11 is 0. The van der Waals surface area contributed by atoms with Gasteiger partial charge in [-0.15, -0.1) is 0 Å². The molecule has 6 N–H and O–H groups in total. The second-order valence-corrected chi connectivity index (χ2v) is 6.76. The van der Waals surface area contributed by atoms with Gasteiger partial charge in [0.15, 0.2) is 6.23 Å². The second-order valence-electron chi connectivity index (χ2n) is 6.76. The van der Waals surface area contributed by atoms with Crippen LogP contribution in [-0.4, -0.2) is 33.4 Å². The maximum absolute atomic E-state index is 11.9. The molecule has 28 heavy (non-hydrogen) atoms. The van der Waals surface area contributed by atoms with Gasteiger partial charge in [-0.25, -0.2) is 0 Å². The molecule has 1 aliphatic rings. The number of pyridine rings is 1. The Kier molecular flexibility index (Phi) is 4.46. The molecule has 4 rings (SSSR count). The quantitative estimate of drug-likeness (QED) is 0.479. The molecule has 1 unspecified atom stereocenters. The van der Waals surface area contributed by atoms with Crippen molar-refractivity contribution in [3.63, 3.8) is 0 Å². The van der Waals surface area contributed by atoms with Crippen molar-refractivity contribution in [3.05, 3.63) is 59.8 Å². The van der Waals surface area contributed by atoms with Crippen molar-refractivity contribution in [1.82, 2.24) is 4.98 Å². The van der Waals surface area contributed by atoms with Crippen molar-refractivity contribution < 1.29 is 15.0 Å². The minimum absolute atomic E-state index is 0.101. The van der Waals surface area contributed by atoms with Gasteiger partial charge < -0.3 is 26.6 Å². The Bertz CT molecular complexity index is 1110. The standard InChI is InChI=1S/C21H20N4O3/c1-11(22)20(27)24-13-5-6-17-15(10-13)16(21(28)25-17)9-12-4-7-18(26)19-14(12)3-2-8-23-19/h2-11,21,25-26,28H,22H2,1H3,(H,24,27)/t11-,21?/m0/s1. The number of aromatic hydroxyl groups is 1. The predicted molar refractivity (Wildman–Crippen MR) is 110 cm³/mol. The van der Waals surface area contributed by atoms with Crippen LogP contribution in [0.15, 0.2) is 48.7 Å². The van der Waals surface area contributed by atoms with Gasteiger partial charge in [0.25, 0.3) is 0 Å². The van der Waals surface area contributed by atoms with E-state index in [0.29, 0.717) is 16.8 Å².